The van der Waals surface area contributed by atoms with E-state index in [9.17, 15) is 4.79 Å². The fourth-order valence-electron chi connectivity index (χ4n) is 2.74. The normalized spacial score (nSPS) is 22.3. The lowest BCUT2D eigenvalue weighted by atomic mass is 9.89. The summed E-state index contributed by atoms with van der Waals surface area (Å²) in [7, 11) is 0. The molecule has 102 valence electrons. The van der Waals surface area contributed by atoms with Gasteiger partial charge in [0.1, 0.15) is 5.75 Å². The topological polar surface area (TPSA) is 50.4 Å². The monoisotopic (exact) mass is 260 g/mol. The second-order valence-electron chi connectivity index (χ2n) is 5.85. The molecular formula is C15H20N2O2. The number of carbonyl (C=O) groups excluding carboxylic acids is 1. The molecule has 2 aliphatic rings. The van der Waals surface area contributed by atoms with Gasteiger partial charge in [-0.2, -0.15) is 0 Å². The quantitative estimate of drug-likeness (QED) is 0.814. The summed E-state index contributed by atoms with van der Waals surface area (Å²) in [6.07, 6.45) is 2.30. The summed E-state index contributed by atoms with van der Waals surface area (Å²) in [6, 6.07) is 6.18. The zero-order valence-corrected chi connectivity index (χ0v) is 11.5. The first kappa shape index (κ1) is 12.5. The van der Waals surface area contributed by atoms with Crippen molar-refractivity contribution in [1.29, 1.82) is 0 Å². The number of carbonyl (C=O) groups is 1. The van der Waals surface area contributed by atoms with Crippen molar-refractivity contribution >= 4 is 11.6 Å². The van der Waals surface area contributed by atoms with Gasteiger partial charge in [-0.15, -0.1) is 0 Å². The zero-order chi connectivity index (χ0) is 13.5. The Morgan fingerprint density at radius 3 is 2.74 bits per heavy atom. The highest BCUT2D eigenvalue weighted by molar-refractivity contribution is 6.00. The minimum absolute atomic E-state index is 0.0811. The Bertz CT molecular complexity index is 505. The van der Waals surface area contributed by atoms with Crippen LogP contribution in [0.5, 0.6) is 5.75 Å². The Labute approximate surface area is 113 Å². The van der Waals surface area contributed by atoms with E-state index in [2.05, 4.69) is 22.8 Å². The molecule has 2 aliphatic heterocycles. The van der Waals surface area contributed by atoms with Gasteiger partial charge < -0.3 is 15.4 Å². The fourth-order valence-corrected chi connectivity index (χ4v) is 2.74. The van der Waals surface area contributed by atoms with Crippen molar-refractivity contribution in [1.82, 2.24) is 5.32 Å². The molecule has 1 fully saturated rings. The number of fused-ring (bicyclic) bond motifs is 1. The Balaban J connectivity index is 1.88. The van der Waals surface area contributed by atoms with Crippen molar-refractivity contribution in [2.45, 2.75) is 38.2 Å². The summed E-state index contributed by atoms with van der Waals surface area (Å²) in [5.74, 6) is 1.27. The average Bonchev–Trinajstić information content (AvgIpc) is 2.40. The van der Waals surface area contributed by atoms with Gasteiger partial charge >= 0.3 is 0 Å². The summed E-state index contributed by atoms with van der Waals surface area (Å²) in [5, 5.41) is 6.32. The predicted molar refractivity (Wildman–Crippen MR) is 74.6 cm³/mol. The highest BCUT2D eigenvalue weighted by atomic mass is 16.5. The van der Waals surface area contributed by atoms with Crippen LogP contribution in [0, 0.1) is 0 Å². The second-order valence-corrected chi connectivity index (χ2v) is 5.85. The predicted octanol–water partition coefficient (Wildman–Crippen LogP) is 2.26. The summed E-state index contributed by atoms with van der Waals surface area (Å²) in [6.45, 7) is 5.70. The first-order chi connectivity index (χ1) is 9.06. The molecule has 3 rings (SSSR count). The molecule has 19 heavy (non-hydrogen) atoms. The molecule has 2 heterocycles. The molecule has 0 atom stereocenters. The van der Waals surface area contributed by atoms with Crippen molar-refractivity contribution in [2.24, 2.45) is 0 Å². The molecule has 0 bridgehead atoms. The maximum Gasteiger partial charge on any atom is 0.268 e. The minimum atomic E-state index is -0.788. The molecule has 1 aromatic rings. The van der Waals surface area contributed by atoms with Crippen LogP contribution >= 0.6 is 0 Å². The van der Waals surface area contributed by atoms with Gasteiger partial charge in [-0.3, -0.25) is 4.79 Å². The number of piperidine rings is 1. The largest absolute Gasteiger partial charge is 0.476 e. The van der Waals surface area contributed by atoms with E-state index in [1.165, 1.54) is 5.56 Å². The number of amides is 1. The Morgan fingerprint density at radius 1 is 1.26 bits per heavy atom. The lowest BCUT2D eigenvalue weighted by molar-refractivity contribution is -0.129. The molecule has 0 saturated carbocycles. The van der Waals surface area contributed by atoms with E-state index in [0.717, 1.165) is 37.4 Å². The van der Waals surface area contributed by atoms with Crippen LogP contribution in [0.25, 0.3) is 0 Å². The van der Waals surface area contributed by atoms with Crippen LogP contribution in [-0.2, 0) is 4.79 Å². The number of hydrogen-bond acceptors (Lipinski definition) is 3. The van der Waals surface area contributed by atoms with Crippen molar-refractivity contribution in [2.75, 3.05) is 18.4 Å². The molecule has 0 unspecified atom stereocenters. The summed E-state index contributed by atoms with van der Waals surface area (Å²) in [5.41, 5.74) is 1.31. The van der Waals surface area contributed by atoms with Gasteiger partial charge in [0.2, 0.25) is 0 Å². The number of hydrogen-bond donors (Lipinski definition) is 2. The number of rotatable bonds is 1. The molecule has 1 aromatic carbocycles. The van der Waals surface area contributed by atoms with Gasteiger partial charge in [-0.1, -0.05) is 6.07 Å². The van der Waals surface area contributed by atoms with Crippen LogP contribution in [0.15, 0.2) is 18.2 Å². The summed E-state index contributed by atoms with van der Waals surface area (Å²) < 4.78 is 5.75. The van der Waals surface area contributed by atoms with Crippen LogP contribution in [-0.4, -0.2) is 24.6 Å². The Hall–Kier alpha value is -1.55. The zero-order valence-electron chi connectivity index (χ0n) is 11.5. The maximum absolute atomic E-state index is 11.9. The molecule has 1 saturated heterocycles. The van der Waals surface area contributed by atoms with E-state index in [1.54, 1.807) is 13.8 Å². The van der Waals surface area contributed by atoms with E-state index in [0.29, 0.717) is 5.92 Å². The highest BCUT2D eigenvalue weighted by Gasteiger charge is 2.35. The van der Waals surface area contributed by atoms with Crippen molar-refractivity contribution in [3.05, 3.63) is 23.8 Å². The van der Waals surface area contributed by atoms with Crippen LogP contribution in [0.1, 0.15) is 38.2 Å². The van der Waals surface area contributed by atoms with Crippen molar-refractivity contribution < 1.29 is 9.53 Å². The van der Waals surface area contributed by atoms with E-state index in [1.807, 2.05) is 6.07 Å². The van der Waals surface area contributed by atoms with Gasteiger partial charge in [-0.25, -0.2) is 0 Å². The molecule has 0 aliphatic carbocycles. The lowest BCUT2D eigenvalue weighted by Crippen LogP contribution is -2.45. The molecule has 1 amide bonds. The van der Waals surface area contributed by atoms with E-state index in [-0.39, 0.29) is 5.91 Å². The lowest BCUT2D eigenvalue weighted by Gasteiger charge is -2.32. The molecule has 4 heteroatoms. The minimum Gasteiger partial charge on any atom is -0.476 e. The van der Waals surface area contributed by atoms with E-state index in [4.69, 9.17) is 4.74 Å². The molecule has 2 N–H and O–H groups in total. The van der Waals surface area contributed by atoms with E-state index >= 15 is 0 Å². The molecule has 0 aromatic heterocycles. The number of anilines is 1. The van der Waals surface area contributed by atoms with Crippen molar-refractivity contribution in [3.63, 3.8) is 0 Å². The molecule has 4 nitrogen and oxygen atoms in total. The van der Waals surface area contributed by atoms with Gasteiger partial charge in [0, 0.05) is 0 Å². The fraction of sp³-hybridized carbons (Fsp3) is 0.533. The SMILES string of the molecule is CC1(C)Oc2ccc(C3CCNCC3)cc2NC1=O. The third-order valence-corrected chi connectivity index (χ3v) is 3.97. The summed E-state index contributed by atoms with van der Waals surface area (Å²) >= 11 is 0. The Morgan fingerprint density at radius 2 is 2.00 bits per heavy atom. The van der Waals surface area contributed by atoms with Crippen LogP contribution in [0.3, 0.4) is 0 Å². The number of ether oxygens (including phenoxy) is 1. The maximum atomic E-state index is 11.9. The molecular weight excluding hydrogens is 240 g/mol. The summed E-state index contributed by atoms with van der Waals surface area (Å²) in [4.78, 5) is 11.9. The van der Waals surface area contributed by atoms with Gasteiger partial charge in [0.25, 0.3) is 5.91 Å². The van der Waals surface area contributed by atoms with Gasteiger partial charge in [-0.05, 0) is 63.4 Å². The van der Waals surface area contributed by atoms with E-state index < -0.39 is 5.60 Å². The van der Waals surface area contributed by atoms with Crippen molar-refractivity contribution in [3.8, 4) is 5.75 Å². The molecule has 0 spiro atoms. The first-order valence-electron chi connectivity index (χ1n) is 6.91. The standard InChI is InChI=1S/C15H20N2O2/c1-15(2)14(18)17-12-9-11(3-4-13(12)19-15)10-5-7-16-8-6-10/h3-4,9-10,16H,5-8H2,1-2H3,(H,17,18). The second kappa shape index (κ2) is 4.53. The van der Waals surface area contributed by atoms with Gasteiger partial charge in [0.15, 0.2) is 5.60 Å². The third-order valence-electron chi connectivity index (χ3n) is 3.97. The average molecular weight is 260 g/mol. The van der Waals surface area contributed by atoms with Crippen LogP contribution in [0.4, 0.5) is 5.69 Å². The van der Waals surface area contributed by atoms with Gasteiger partial charge in [0.05, 0.1) is 5.69 Å². The molecule has 0 radical (unpaired) electrons. The number of benzene rings is 1. The smallest absolute Gasteiger partial charge is 0.268 e. The number of nitrogens with one attached hydrogen (secondary N) is 2. The third kappa shape index (κ3) is 2.32. The van der Waals surface area contributed by atoms with Crippen LogP contribution < -0.4 is 15.4 Å². The Kier molecular flexibility index (Phi) is 2.97. The van der Waals surface area contributed by atoms with Crippen LogP contribution in [0.2, 0.25) is 0 Å². The highest BCUT2D eigenvalue weighted by Crippen LogP contribution is 2.37. The first-order valence-corrected chi connectivity index (χ1v) is 6.91.